The lowest BCUT2D eigenvalue weighted by atomic mass is 10.2. The van der Waals surface area contributed by atoms with Gasteiger partial charge in [-0.05, 0) is 24.3 Å². The summed E-state index contributed by atoms with van der Waals surface area (Å²) in [5, 5.41) is 8.10. The van der Waals surface area contributed by atoms with Gasteiger partial charge in [-0.1, -0.05) is 23.4 Å². The molecule has 1 aromatic carbocycles. The first-order valence-corrected chi connectivity index (χ1v) is 8.52. The summed E-state index contributed by atoms with van der Waals surface area (Å²) in [4.78, 5) is 16.1. The average Bonchev–Trinajstić information content (AvgIpc) is 3.28. The zero-order chi connectivity index (χ0) is 17.8. The molecule has 0 spiro atoms. The average molecular weight is 380 g/mol. The maximum Gasteiger partial charge on any atom is 0.341 e. The third-order valence-corrected chi connectivity index (χ3v) is 4.45. The summed E-state index contributed by atoms with van der Waals surface area (Å²) >= 11 is 7.37. The van der Waals surface area contributed by atoms with E-state index in [9.17, 15) is 4.79 Å². The highest BCUT2D eigenvalue weighted by Crippen LogP contribution is 2.31. The van der Waals surface area contributed by atoms with E-state index >= 15 is 0 Å². The monoisotopic (exact) mass is 379 g/mol. The van der Waals surface area contributed by atoms with Gasteiger partial charge in [-0.3, -0.25) is 5.10 Å². The molecule has 0 radical (unpaired) electrons. The fraction of sp³-hybridized carbons (Fsp3) is 0.188. The van der Waals surface area contributed by atoms with Crippen LogP contribution in [0.2, 0.25) is 5.02 Å². The number of hydrogen-bond acceptors (Lipinski definition) is 7. The second kappa shape index (κ2) is 7.62. The van der Waals surface area contributed by atoms with Gasteiger partial charge in [-0.2, -0.15) is 0 Å². The molecule has 3 rings (SSSR count). The van der Waals surface area contributed by atoms with E-state index in [1.54, 1.807) is 31.4 Å². The Morgan fingerprint density at radius 1 is 1.36 bits per heavy atom. The molecular weight excluding hydrogens is 366 g/mol. The zero-order valence-electron chi connectivity index (χ0n) is 13.4. The standard InChI is InChI=1S/C16H14ClN3O4S/c1-22-12-4-3-9(17)7-11(12)14-18-16(20-19-14)25-8-13-10(5-6-24-13)15(21)23-2/h3-7H,8H2,1-2H3,(H,18,19,20). The van der Waals surface area contributed by atoms with Crippen molar-refractivity contribution in [2.24, 2.45) is 0 Å². The summed E-state index contributed by atoms with van der Waals surface area (Å²) in [5.41, 5.74) is 1.10. The van der Waals surface area contributed by atoms with Crippen LogP contribution in [0.1, 0.15) is 16.1 Å². The third-order valence-electron chi connectivity index (χ3n) is 3.36. The summed E-state index contributed by atoms with van der Waals surface area (Å²) in [7, 11) is 2.90. The summed E-state index contributed by atoms with van der Waals surface area (Å²) in [6.45, 7) is 0. The summed E-state index contributed by atoms with van der Waals surface area (Å²) in [6, 6.07) is 6.82. The first-order valence-electron chi connectivity index (χ1n) is 7.16. The van der Waals surface area contributed by atoms with Crippen LogP contribution in [0.5, 0.6) is 5.75 Å². The van der Waals surface area contributed by atoms with Gasteiger partial charge in [0, 0.05) is 5.02 Å². The Morgan fingerprint density at radius 2 is 2.20 bits per heavy atom. The Morgan fingerprint density at radius 3 is 2.96 bits per heavy atom. The number of nitrogens with one attached hydrogen (secondary N) is 1. The summed E-state index contributed by atoms with van der Waals surface area (Å²) in [6.07, 6.45) is 1.45. The number of halogens is 1. The van der Waals surface area contributed by atoms with Crippen LogP contribution in [-0.2, 0) is 10.5 Å². The van der Waals surface area contributed by atoms with Crippen LogP contribution >= 0.6 is 23.4 Å². The number of aromatic nitrogens is 3. The Kier molecular flexibility index (Phi) is 5.30. The van der Waals surface area contributed by atoms with Crippen molar-refractivity contribution in [1.82, 2.24) is 15.2 Å². The van der Waals surface area contributed by atoms with Crippen LogP contribution in [-0.4, -0.2) is 35.4 Å². The van der Waals surface area contributed by atoms with E-state index in [2.05, 4.69) is 15.2 Å². The van der Waals surface area contributed by atoms with Crippen LogP contribution in [0.25, 0.3) is 11.4 Å². The van der Waals surface area contributed by atoms with E-state index in [1.165, 1.54) is 25.1 Å². The minimum absolute atomic E-state index is 0.390. The van der Waals surface area contributed by atoms with Crippen molar-refractivity contribution < 1.29 is 18.7 Å². The van der Waals surface area contributed by atoms with Gasteiger partial charge >= 0.3 is 5.97 Å². The van der Waals surface area contributed by atoms with Crippen molar-refractivity contribution in [2.45, 2.75) is 10.9 Å². The summed E-state index contributed by atoms with van der Waals surface area (Å²) in [5.74, 6) is 1.62. The molecule has 0 aliphatic carbocycles. The highest BCUT2D eigenvalue weighted by atomic mass is 35.5. The number of aromatic amines is 1. The number of nitrogens with zero attached hydrogens (tertiary/aromatic N) is 2. The largest absolute Gasteiger partial charge is 0.496 e. The lowest BCUT2D eigenvalue weighted by Crippen LogP contribution is -2.02. The van der Waals surface area contributed by atoms with Gasteiger partial charge < -0.3 is 13.9 Å². The fourth-order valence-electron chi connectivity index (χ4n) is 2.17. The molecule has 0 aliphatic rings. The number of furan rings is 1. The number of rotatable bonds is 6. The first-order chi connectivity index (χ1) is 12.1. The van der Waals surface area contributed by atoms with E-state index in [1.807, 2.05) is 0 Å². The molecule has 0 saturated heterocycles. The third kappa shape index (κ3) is 3.80. The van der Waals surface area contributed by atoms with E-state index in [0.717, 1.165) is 0 Å². The topological polar surface area (TPSA) is 90.2 Å². The fourth-order valence-corrected chi connectivity index (χ4v) is 3.09. The molecule has 0 aliphatic heterocycles. The van der Waals surface area contributed by atoms with Crippen LogP contribution in [0.3, 0.4) is 0 Å². The Labute approximate surface area is 152 Å². The molecule has 130 valence electrons. The number of benzene rings is 1. The minimum Gasteiger partial charge on any atom is -0.496 e. The van der Waals surface area contributed by atoms with Crippen molar-refractivity contribution >= 4 is 29.3 Å². The van der Waals surface area contributed by atoms with Crippen LogP contribution in [0.15, 0.2) is 40.1 Å². The van der Waals surface area contributed by atoms with Gasteiger partial charge in [0.1, 0.15) is 17.1 Å². The number of H-pyrrole nitrogens is 1. The predicted octanol–water partition coefficient (Wildman–Crippen LogP) is 3.81. The number of thioether (sulfide) groups is 1. The molecule has 7 nitrogen and oxygen atoms in total. The predicted molar refractivity (Wildman–Crippen MR) is 93.0 cm³/mol. The Hall–Kier alpha value is -2.45. The molecule has 0 bridgehead atoms. The number of hydrogen-bond donors (Lipinski definition) is 1. The second-order valence-corrected chi connectivity index (χ2v) is 6.23. The van der Waals surface area contributed by atoms with Crippen molar-refractivity contribution in [1.29, 1.82) is 0 Å². The van der Waals surface area contributed by atoms with Crippen molar-refractivity contribution in [3.05, 3.63) is 46.9 Å². The van der Waals surface area contributed by atoms with Gasteiger partial charge in [-0.25, -0.2) is 9.78 Å². The second-order valence-electron chi connectivity index (χ2n) is 4.85. The zero-order valence-corrected chi connectivity index (χ0v) is 15.0. The molecule has 3 aromatic rings. The van der Waals surface area contributed by atoms with Crippen LogP contribution < -0.4 is 4.74 Å². The molecule has 25 heavy (non-hydrogen) atoms. The molecule has 2 heterocycles. The Bertz CT molecular complexity index is 893. The highest BCUT2D eigenvalue weighted by molar-refractivity contribution is 7.98. The number of ether oxygens (including phenoxy) is 2. The maximum absolute atomic E-state index is 11.6. The Balaban J connectivity index is 1.76. The van der Waals surface area contributed by atoms with Crippen LogP contribution in [0, 0.1) is 0 Å². The molecule has 0 saturated carbocycles. The quantitative estimate of drug-likeness (QED) is 0.514. The maximum atomic E-state index is 11.6. The lowest BCUT2D eigenvalue weighted by molar-refractivity contribution is 0.0598. The molecule has 0 amide bonds. The van der Waals surface area contributed by atoms with Gasteiger partial charge in [0.2, 0.25) is 5.16 Å². The van der Waals surface area contributed by atoms with E-state index in [-0.39, 0.29) is 0 Å². The van der Waals surface area contributed by atoms with E-state index in [0.29, 0.717) is 44.4 Å². The van der Waals surface area contributed by atoms with Gasteiger partial charge in [-0.15, -0.1) is 5.10 Å². The van der Waals surface area contributed by atoms with Crippen molar-refractivity contribution in [2.75, 3.05) is 14.2 Å². The first kappa shape index (κ1) is 17.4. The van der Waals surface area contributed by atoms with E-state index in [4.69, 9.17) is 25.5 Å². The normalized spacial score (nSPS) is 10.7. The molecule has 2 aromatic heterocycles. The number of esters is 1. The summed E-state index contributed by atoms with van der Waals surface area (Å²) < 4.78 is 15.4. The minimum atomic E-state index is -0.441. The number of methoxy groups -OCH3 is 2. The molecule has 0 unspecified atom stereocenters. The molecule has 9 heteroatoms. The molecule has 1 N–H and O–H groups in total. The van der Waals surface area contributed by atoms with Crippen LogP contribution in [0.4, 0.5) is 0 Å². The van der Waals surface area contributed by atoms with E-state index < -0.39 is 5.97 Å². The van der Waals surface area contributed by atoms with Gasteiger partial charge in [0.15, 0.2) is 5.82 Å². The molecular formula is C16H14ClN3O4S. The van der Waals surface area contributed by atoms with Gasteiger partial charge in [0.05, 0.1) is 31.8 Å². The highest BCUT2D eigenvalue weighted by Gasteiger charge is 2.17. The van der Waals surface area contributed by atoms with Crippen molar-refractivity contribution in [3.8, 4) is 17.1 Å². The molecule has 0 atom stereocenters. The van der Waals surface area contributed by atoms with Gasteiger partial charge in [0.25, 0.3) is 0 Å². The van der Waals surface area contributed by atoms with Crippen molar-refractivity contribution in [3.63, 3.8) is 0 Å². The lowest BCUT2D eigenvalue weighted by Gasteiger charge is -2.05. The number of carbonyl (C=O) groups excluding carboxylic acids is 1. The molecule has 0 fully saturated rings. The SMILES string of the molecule is COC(=O)c1ccoc1CSc1n[nH]c(-c2cc(Cl)ccc2OC)n1. The number of carbonyl (C=O) groups is 1. The smallest absolute Gasteiger partial charge is 0.341 e.